The van der Waals surface area contributed by atoms with Gasteiger partial charge >= 0.3 is 0 Å². The molecule has 0 saturated heterocycles. The minimum absolute atomic E-state index is 0.0784. The molecule has 0 aliphatic rings. The van der Waals surface area contributed by atoms with Crippen LogP contribution < -0.4 is 4.74 Å². The quantitative estimate of drug-likeness (QED) is 0.498. The summed E-state index contributed by atoms with van der Waals surface area (Å²) in [7, 11) is 0. The molecule has 5 heteroatoms. The molecule has 0 aromatic heterocycles. The van der Waals surface area contributed by atoms with E-state index < -0.39 is 4.92 Å². The molecular weight excluding hydrogens is 286 g/mol. The molecular formula is C16H17NO3S. The number of hydrogen-bond donors (Lipinski definition) is 1. The zero-order valence-electron chi connectivity index (χ0n) is 11.7. The van der Waals surface area contributed by atoms with Crippen molar-refractivity contribution in [3.8, 4) is 5.75 Å². The first kappa shape index (κ1) is 15.4. The van der Waals surface area contributed by atoms with E-state index in [1.807, 2.05) is 30.3 Å². The molecule has 0 radical (unpaired) electrons. The Morgan fingerprint density at radius 3 is 2.52 bits per heavy atom. The fourth-order valence-corrected chi connectivity index (χ4v) is 2.44. The van der Waals surface area contributed by atoms with Gasteiger partial charge in [-0.15, -0.1) is 0 Å². The monoisotopic (exact) mass is 303 g/mol. The van der Waals surface area contributed by atoms with Crippen molar-refractivity contribution in [3.05, 3.63) is 69.8 Å². The van der Waals surface area contributed by atoms with Crippen molar-refractivity contribution in [2.24, 2.45) is 0 Å². The number of nitro groups is 1. The zero-order chi connectivity index (χ0) is 15.2. The third kappa shape index (κ3) is 3.76. The summed E-state index contributed by atoms with van der Waals surface area (Å²) in [6.45, 7) is 2.14. The van der Waals surface area contributed by atoms with E-state index in [0.717, 1.165) is 5.56 Å². The van der Waals surface area contributed by atoms with Gasteiger partial charge in [-0.25, -0.2) is 0 Å². The summed E-state index contributed by atoms with van der Waals surface area (Å²) >= 11 is 4.36. The molecule has 0 aliphatic heterocycles. The molecule has 2 aromatic rings. The lowest BCUT2D eigenvalue weighted by Gasteiger charge is -2.17. The maximum Gasteiger partial charge on any atom is 0.276 e. The summed E-state index contributed by atoms with van der Waals surface area (Å²) in [5.74, 6) is 1.35. The molecule has 2 aromatic carbocycles. The van der Waals surface area contributed by atoms with E-state index in [-0.39, 0.29) is 11.6 Å². The number of rotatable bonds is 6. The maximum absolute atomic E-state index is 10.9. The number of nitro benzene ring substituents is 1. The van der Waals surface area contributed by atoms with Crippen molar-refractivity contribution in [1.29, 1.82) is 0 Å². The van der Waals surface area contributed by atoms with Gasteiger partial charge in [-0.2, -0.15) is 12.6 Å². The Balaban J connectivity index is 2.12. The number of hydrogen-bond acceptors (Lipinski definition) is 4. The largest absolute Gasteiger partial charge is 0.492 e. The summed E-state index contributed by atoms with van der Waals surface area (Å²) < 4.78 is 5.78. The molecule has 0 N–H and O–H groups in total. The molecule has 2 rings (SSSR count). The smallest absolute Gasteiger partial charge is 0.276 e. The molecule has 1 unspecified atom stereocenters. The van der Waals surface area contributed by atoms with Gasteiger partial charge in [0.05, 0.1) is 17.1 Å². The Labute approximate surface area is 129 Å². The van der Waals surface area contributed by atoms with E-state index in [2.05, 4.69) is 12.6 Å². The van der Waals surface area contributed by atoms with Crippen molar-refractivity contribution in [1.82, 2.24) is 0 Å². The highest BCUT2D eigenvalue weighted by atomic mass is 32.1. The second-order valence-electron chi connectivity index (χ2n) is 4.76. The Morgan fingerprint density at radius 2 is 1.90 bits per heavy atom. The van der Waals surface area contributed by atoms with Gasteiger partial charge in [-0.3, -0.25) is 10.1 Å². The Morgan fingerprint density at radius 1 is 1.19 bits per heavy atom. The van der Waals surface area contributed by atoms with Crippen molar-refractivity contribution in [3.63, 3.8) is 0 Å². The summed E-state index contributed by atoms with van der Waals surface area (Å²) in [6.07, 6.45) is 0. The van der Waals surface area contributed by atoms with Gasteiger partial charge in [0.2, 0.25) is 0 Å². The molecule has 0 spiro atoms. The van der Waals surface area contributed by atoms with Gasteiger partial charge in [0.15, 0.2) is 0 Å². The summed E-state index contributed by atoms with van der Waals surface area (Å²) in [5, 5.41) is 10.9. The van der Waals surface area contributed by atoms with Crippen LogP contribution in [0.5, 0.6) is 5.75 Å². The van der Waals surface area contributed by atoms with Crippen LogP contribution >= 0.6 is 12.6 Å². The number of thiol groups is 1. The third-order valence-electron chi connectivity index (χ3n) is 3.38. The van der Waals surface area contributed by atoms with E-state index in [9.17, 15) is 10.1 Å². The van der Waals surface area contributed by atoms with Crippen LogP contribution in [0.25, 0.3) is 0 Å². The van der Waals surface area contributed by atoms with Crippen LogP contribution in [-0.2, 0) is 0 Å². The lowest BCUT2D eigenvalue weighted by molar-refractivity contribution is -0.385. The Hall–Kier alpha value is -2.01. The number of ether oxygens (including phenoxy) is 1. The minimum atomic E-state index is -0.393. The minimum Gasteiger partial charge on any atom is -0.492 e. The number of benzene rings is 2. The highest BCUT2D eigenvalue weighted by Crippen LogP contribution is 2.28. The molecule has 0 aliphatic carbocycles. The first-order chi connectivity index (χ1) is 10.1. The second kappa shape index (κ2) is 7.13. The predicted molar refractivity (Wildman–Crippen MR) is 86.4 cm³/mol. The average Bonchev–Trinajstić information content (AvgIpc) is 2.50. The molecule has 0 heterocycles. The van der Waals surface area contributed by atoms with Gasteiger partial charge in [0.1, 0.15) is 5.75 Å². The SMILES string of the molecule is Cc1c(OCC(CS)c2ccccc2)cccc1[N+](=O)[O-]. The molecule has 0 amide bonds. The van der Waals surface area contributed by atoms with Crippen LogP contribution in [0.15, 0.2) is 48.5 Å². The number of nitrogens with zero attached hydrogens (tertiary/aromatic N) is 1. The van der Waals surface area contributed by atoms with Crippen LogP contribution in [0.3, 0.4) is 0 Å². The lowest BCUT2D eigenvalue weighted by Crippen LogP contribution is -2.12. The van der Waals surface area contributed by atoms with E-state index in [0.29, 0.717) is 23.7 Å². The molecule has 0 fully saturated rings. The molecule has 0 saturated carbocycles. The highest BCUT2D eigenvalue weighted by molar-refractivity contribution is 7.80. The van der Waals surface area contributed by atoms with Crippen LogP contribution in [0.2, 0.25) is 0 Å². The van der Waals surface area contributed by atoms with Gasteiger partial charge in [0.25, 0.3) is 5.69 Å². The van der Waals surface area contributed by atoms with Crippen LogP contribution in [0, 0.1) is 17.0 Å². The fraction of sp³-hybridized carbons (Fsp3) is 0.250. The normalized spacial score (nSPS) is 11.9. The first-order valence-electron chi connectivity index (χ1n) is 6.66. The third-order valence-corrected chi connectivity index (χ3v) is 3.82. The summed E-state index contributed by atoms with van der Waals surface area (Å²) in [5.41, 5.74) is 1.78. The standard InChI is InChI=1S/C16H17NO3S/c1-12-15(17(18)19)8-5-9-16(12)20-10-14(11-21)13-6-3-2-4-7-13/h2-9,14,21H,10-11H2,1H3. The van der Waals surface area contributed by atoms with Gasteiger partial charge < -0.3 is 4.74 Å². The summed E-state index contributed by atoms with van der Waals surface area (Å²) in [6, 6.07) is 14.9. The van der Waals surface area contributed by atoms with Crippen LogP contribution in [0.4, 0.5) is 5.69 Å². The second-order valence-corrected chi connectivity index (χ2v) is 5.12. The summed E-state index contributed by atoms with van der Waals surface area (Å²) in [4.78, 5) is 10.5. The Bertz CT molecular complexity index is 616. The fourth-order valence-electron chi connectivity index (χ4n) is 2.13. The van der Waals surface area contributed by atoms with E-state index >= 15 is 0 Å². The molecule has 1 atom stereocenters. The van der Waals surface area contributed by atoms with Crippen molar-refractivity contribution >= 4 is 18.3 Å². The van der Waals surface area contributed by atoms with Crippen molar-refractivity contribution in [2.75, 3.05) is 12.4 Å². The molecule has 4 nitrogen and oxygen atoms in total. The highest BCUT2D eigenvalue weighted by Gasteiger charge is 2.16. The molecule has 110 valence electrons. The predicted octanol–water partition coefficient (Wildman–Crippen LogP) is 4.00. The topological polar surface area (TPSA) is 52.4 Å². The average molecular weight is 303 g/mol. The van der Waals surface area contributed by atoms with Crippen LogP contribution in [-0.4, -0.2) is 17.3 Å². The van der Waals surface area contributed by atoms with Crippen molar-refractivity contribution < 1.29 is 9.66 Å². The molecule has 21 heavy (non-hydrogen) atoms. The Kier molecular flexibility index (Phi) is 5.22. The lowest BCUT2D eigenvalue weighted by atomic mass is 10.0. The first-order valence-corrected chi connectivity index (χ1v) is 7.29. The van der Waals surface area contributed by atoms with Crippen molar-refractivity contribution in [2.45, 2.75) is 12.8 Å². The molecule has 0 bridgehead atoms. The zero-order valence-corrected chi connectivity index (χ0v) is 12.6. The van der Waals surface area contributed by atoms with E-state index in [1.165, 1.54) is 6.07 Å². The van der Waals surface area contributed by atoms with Gasteiger partial charge in [-0.1, -0.05) is 36.4 Å². The van der Waals surface area contributed by atoms with Gasteiger partial charge in [0, 0.05) is 17.7 Å². The van der Waals surface area contributed by atoms with E-state index in [4.69, 9.17) is 4.74 Å². The van der Waals surface area contributed by atoms with Crippen LogP contribution in [0.1, 0.15) is 17.0 Å². The maximum atomic E-state index is 10.9. The van der Waals surface area contributed by atoms with Gasteiger partial charge in [-0.05, 0) is 18.6 Å². The van der Waals surface area contributed by atoms with E-state index in [1.54, 1.807) is 19.1 Å².